The van der Waals surface area contributed by atoms with Gasteiger partial charge in [-0.1, -0.05) is 30.3 Å². The number of nitrogens with one attached hydrogen (secondary N) is 1. The number of anilines is 1. The van der Waals surface area contributed by atoms with Crippen LogP contribution in [0.1, 0.15) is 34.0 Å². The first kappa shape index (κ1) is 18.7. The quantitative estimate of drug-likeness (QED) is 0.815. The van der Waals surface area contributed by atoms with Crippen LogP contribution >= 0.6 is 0 Å². The molecule has 2 aromatic carbocycles. The summed E-state index contributed by atoms with van der Waals surface area (Å²) in [5.41, 5.74) is 3.92. The van der Waals surface area contributed by atoms with Crippen LogP contribution in [0.2, 0.25) is 0 Å². The minimum atomic E-state index is -0.905. The molecule has 0 aromatic heterocycles. The van der Waals surface area contributed by atoms with Gasteiger partial charge >= 0.3 is 5.97 Å². The molecule has 1 atom stereocenters. The molecule has 0 aliphatic rings. The number of aryl methyl sites for hydroxylation is 2. The lowest BCUT2D eigenvalue weighted by molar-refractivity contribution is -0.123. The van der Waals surface area contributed by atoms with E-state index < -0.39 is 12.1 Å². The minimum absolute atomic E-state index is 0.362. The van der Waals surface area contributed by atoms with Crippen molar-refractivity contribution in [3.63, 3.8) is 0 Å². The Hall–Kier alpha value is -2.66. The third-order valence-electron chi connectivity index (χ3n) is 3.86. The van der Waals surface area contributed by atoms with E-state index in [9.17, 15) is 9.59 Å². The first-order chi connectivity index (χ1) is 11.9. The summed E-state index contributed by atoms with van der Waals surface area (Å²) in [6, 6.07) is 12.7. The molecule has 2 rings (SSSR count). The van der Waals surface area contributed by atoms with Crippen LogP contribution in [0, 0.1) is 13.8 Å². The third kappa shape index (κ3) is 4.90. The van der Waals surface area contributed by atoms with Crippen LogP contribution < -0.4 is 5.32 Å². The highest BCUT2D eigenvalue weighted by Gasteiger charge is 2.20. The van der Waals surface area contributed by atoms with Crippen molar-refractivity contribution >= 4 is 17.6 Å². The van der Waals surface area contributed by atoms with Crippen molar-refractivity contribution in [3.8, 4) is 0 Å². The molecule has 5 nitrogen and oxygen atoms in total. The van der Waals surface area contributed by atoms with Crippen molar-refractivity contribution in [1.29, 1.82) is 0 Å². The predicted molar refractivity (Wildman–Crippen MR) is 96.6 cm³/mol. The van der Waals surface area contributed by atoms with Crippen LogP contribution in [0.3, 0.4) is 0 Å². The highest BCUT2D eigenvalue weighted by atomic mass is 16.5. The smallest absolute Gasteiger partial charge is 0.338 e. The largest absolute Gasteiger partial charge is 0.449 e. The Morgan fingerprint density at radius 1 is 1.08 bits per heavy atom. The van der Waals surface area contributed by atoms with Crippen LogP contribution in [0.15, 0.2) is 42.5 Å². The average Bonchev–Trinajstić information content (AvgIpc) is 2.58. The molecule has 5 heteroatoms. The zero-order valence-electron chi connectivity index (χ0n) is 15.0. The molecule has 0 bridgehead atoms. The molecule has 2 aromatic rings. The van der Waals surface area contributed by atoms with Gasteiger partial charge in [-0.3, -0.25) is 4.79 Å². The molecule has 0 unspecified atom stereocenters. The zero-order chi connectivity index (χ0) is 18.4. The highest BCUT2D eigenvalue weighted by molar-refractivity contribution is 5.98. The number of carbonyl (C=O) groups is 2. The number of ether oxygens (including phenoxy) is 2. The Morgan fingerprint density at radius 2 is 1.72 bits per heavy atom. The number of hydrogen-bond acceptors (Lipinski definition) is 4. The molecule has 1 amide bonds. The molecule has 0 fully saturated rings. The van der Waals surface area contributed by atoms with Crippen LogP contribution in [0.4, 0.5) is 5.69 Å². The summed E-state index contributed by atoms with van der Waals surface area (Å²) in [6.07, 6.45) is -0.905. The van der Waals surface area contributed by atoms with E-state index in [1.54, 1.807) is 32.2 Å². The fraction of sp³-hybridized carbons (Fsp3) is 0.300. The fourth-order valence-electron chi connectivity index (χ4n) is 2.47. The minimum Gasteiger partial charge on any atom is -0.449 e. The van der Waals surface area contributed by atoms with Crippen LogP contribution in [0.25, 0.3) is 0 Å². The number of esters is 1. The second kappa shape index (κ2) is 8.44. The summed E-state index contributed by atoms with van der Waals surface area (Å²) in [7, 11) is 1.59. The van der Waals surface area contributed by atoms with E-state index in [1.807, 2.05) is 38.1 Å². The topological polar surface area (TPSA) is 64.6 Å². The summed E-state index contributed by atoms with van der Waals surface area (Å²) in [4.78, 5) is 24.6. The van der Waals surface area contributed by atoms with E-state index in [1.165, 1.54) is 0 Å². The summed E-state index contributed by atoms with van der Waals surface area (Å²) >= 11 is 0. The number of amides is 1. The Balaban J connectivity index is 2.03. The maximum atomic E-state index is 12.3. The Kier molecular flexibility index (Phi) is 6.31. The normalized spacial score (nSPS) is 11.7. The molecular weight excluding hydrogens is 318 g/mol. The number of rotatable bonds is 6. The molecular formula is C20H23NO4. The van der Waals surface area contributed by atoms with Gasteiger partial charge in [-0.15, -0.1) is 0 Å². The molecule has 25 heavy (non-hydrogen) atoms. The summed E-state index contributed by atoms with van der Waals surface area (Å²) in [6.45, 7) is 5.80. The first-order valence-electron chi connectivity index (χ1n) is 8.08. The number of benzene rings is 2. The van der Waals surface area contributed by atoms with E-state index >= 15 is 0 Å². The van der Waals surface area contributed by atoms with E-state index in [0.717, 1.165) is 22.4 Å². The Bertz CT molecular complexity index is 750. The second-order valence-corrected chi connectivity index (χ2v) is 5.94. The van der Waals surface area contributed by atoms with Crippen LogP contribution in [0.5, 0.6) is 0 Å². The van der Waals surface area contributed by atoms with Gasteiger partial charge in [0.1, 0.15) is 0 Å². The summed E-state index contributed by atoms with van der Waals surface area (Å²) < 4.78 is 10.3. The summed E-state index contributed by atoms with van der Waals surface area (Å²) in [5, 5.41) is 2.83. The molecule has 0 heterocycles. The lowest BCUT2D eigenvalue weighted by atomic mass is 10.1. The van der Waals surface area contributed by atoms with Gasteiger partial charge in [0, 0.05) is 12.8 Å². The van der Waals surface area contributed by atoms with Crippen LogP contribution in [-0.2, 0) is 20.9 Å². The predicted octanol–water partition coefficient (Wildman–Crippen LogP) is 3.63. The first-order valence-corrected chi connectivity index (χ1v) is 8.08. The number of para-hydroxylation sites is 1. The van der Waals surface area contributed by atoms with Gasteiger partial charge in [0.15, 0.2) is 6.10 Å². The molecule has 0 spiro atoms. The molecule has 0 aliphatic heterocycles. The van der Waals surface area contributed by atoms with Gasteiger partial charge in [0.25, 0.3) is 5.91 Å². The summed E-state index contributed by atoms with van der Waals surface area (Å²) in [5.74, 6) is -0.902. The zero-order valence-corrected chi connectivity index (χ0v) is 15.0. The van der Waals surface area contributed by atoms with Gasteiger partial charge in [0.2, 0.25) is 0 Å². The Labute approximate surface area is 148 Å². The van der Waals surface area contributed by atoms with Crippen molar-refractivity contribution in [2.75, 3.05) is 12.4 Å². The monoisotopic (exact) mass is 341 g/mol. The maximum Gasteiger partial charge on any atom is 0.338 e. The van der Waals surface area contributed by atoms with Crippen LogP contribution in [-0.4, -0.2) is 25.1 Å². The van der Waals surface area contributed by atoms with Crippen molar-refractivity contribution in [1.82, 2.24) is 0 Å². The standard InChI is InChI=1S/C20H23NO4/c1-13-7-5-8-14(2)18(13)21-19(22)15(3)25-20(23)17-10-6-9-16(11-17)12-24-4/h5-11,15H,12H2,1-4H3,(H,21,22)/t15-/m1/s1. The molecule has 0 radical (unpaired) electrons. The highest BCUT2D eigenvalue weighted by Crippen LogP contribution is 2.20. The number of hydrogen-bond donors (Lipinski definition) is 1. The second-order valence-electron chi connectivity index (χ2n) is 5.94. The van der Waals surface area contributed by atoms with E-state index in [0.29, 0.717) is 12.2 Å². The average molecular weight is 341 g/mol. The van der Waals surface area contributed by atoms with E-state index in [2.05, 4.69) is 5.32 Å². The van der Waals surface area contributed by atoms with Crippen molar-refractivity contribution in [3.05, 3.63) is 64.7 Å². The molecule has 0 saturated carbocycles. The van der Waals surface area contributed by atoms with E-state index in [4.69, 9.17) is 9.47 Å². The molecule has 0 saturated heterocycles. The molecule has 1 N–H and O–H groups in total. The molecule has 0 aliphatic carbocycles. The van der Waals surface area contributed by atoms with Crippen molar-refractivity contribution < 1.29 is 19.1 Å². The fourth-order valence-corrected chi connectivity index (χ4v) is 2.47. The maximum absolute atomic E-state index is 12.3. The van der Waals surface area contributed by atoms with Crippen molar-refractivity contribution in [2.45, 2.75) is 33.5 Å². The van der Waals surface area contributed by atoms with Gasteiger partial charge in [-0.05, 0) is 49.6 Å². The van der Waals surface area contributed by atoms with Gasteiger partial charge in [0.05, 0.1) is 12.2 Å². The van der Waals surface area contributed by atoms with Gasteiger partial charge in [-0.25, -0.2) is 4.79 Å². The van der Waals surface area contributed by atoms with Crippen molar-refractivity contribution in [2.24, 2.45) is 0 Å². The lowest BCUT2D eigenvalue weighted by Crippen LogP contribution is -2.30. The lowest BCUT2D eigenvalue weighted by Gasteiger charge is -2.16. The Morgan fingerprint density at radius 3 is 2.36 bits per heavy atom. The van der Waals surface area contributed by atoms with Gasteiger partial charge < -0.3 is 14.8 Å². The number of carbonyl (C=O) groups excluding carboxylic acids is 2. The van der Waals surface area contributed by atoms with E-state index in [-0.39, 0.29) is 5.91 Å². The SMILES string of the molecule is COCc1cccc(C(=O)O[C@H](C)C(=O)Nc2c(C)cccc2C)c1. The molecule has 132 valence electrons. The number of methoxy groups -OCH3 is 1. The van der Waals surface area contributed by atoms with Gasteiger partial charge in [-0.2, -0.15) is 0 Å². The third-order valence-corrected chi connectivity index (χ3v) is 3.86.